The molecule has 1 N–H and O–H groups in total. The molecule has 8 heteroatoms. The number of aromatic nitrogens is 1. The molecule has 1 amide bonds. The maximum atomic E-state index is 12.9. The van der Waals surface area contributed by atoms with Gasteiger partial charge in [0.1, 0.15) is 11.4 Å². The van der Waals surface area contributed by atoms with E-state index in [-0.39, 0.29) is 11.7 Å². The van der Waals surface area contributed by atoms with Gasteiger partial charge < -0.3 is 15.0 Å². The summed E-state index contributed by atoms with van der Waals surface area (Å²) in [6.45, 7) is -2.19. The number of fused-ring (bicyclic) bond motifs is 1. The zero-order chi connectivity index (χ0) is 19.5. The lowest BCUT2D eigenvalue weighted by molar-refractivity contribution is -0.0498. The molecule has 5 nitrogen and oxygen atoms in total. The van der Waals surface area contributed by atoms with E-state index in [9.17, 15) is 13.6 Å². The molecule has 2 aromatic carbocycles. The number of amides is 1. The third-order valence-electron chi connectivity index (χ3n) is 4.41. The van der Waals surface area contributed by atoms with Crippen LogP contribution in [-0.2, 0) is 6.42 Å². The van der Waals surface area contributed by atoms with E-state index in [2.05, 4.69) is 15.0 Å². The number of hydrogen-bond acceptors (Lipinski definition) is 5. The van der Waals surface area contributed by atoms with Gasteiger partial charge in [0.25, 0.3) is 5.91 Å². The van der Waals surface area contributed by atoms with Gasteiger partial charge in [-0.2, -0.15) is 8.78 Å². The molecule has 1 aliphatic heterocycles. The number of rotatable bonds is 5. The number of thiazole rings is 1. The van der Waals surface area contributed by atoms with E-state index >= 15 is 0 Å². The van der Waals surface area contributed by atoms with E-state index in [1.165, 1.54) is 29.0 Å². The number of anilines is 3. The molecule has 2 heterocycles. The summed E-state index contributed by atoms with van der Waals surface area (Å²) in [6, 6.07) is 14.0. The summed E-state index contributed by atoms with van der Waals surface area (Å²) in [4.78, 5) is 19.1. The monoisotopic (exact) mass is 401 g/mol. The average molecular weight is 401 g/mol. The van der Waals surface area contributed by atoms with Gasteiger partial charge in [0.15, 0.2) is 5.13 Å². The minimum Gasteiger partial charge on any atom is -0.435 e. The quantitative estimate of drug-likeness (QED) is 0.648. The van der Waals surface area contributed by atoms with Crippen LogP contribution in [0.3, 0.4) is 0 Å². The minimum atomic E-state index is -2.86. The van der Waals surface area contributed by atoms with Gasteiger partial charge in [0.05, 0.1) is 0 Å². The molecule has 0 unspecified atom stereocenters. The largest absolute Gasteiger partial charge is 0.435 e. The summed E-state index contributed by atoms with van der Waals surface area (Å²) in [6.07, 6.45) is 1.89. The number of carbonyl (C=O) groups is 1. The highest BCUT2D eigenvalue weighted by atomic mass is 32.1. The summed E-state index contributed by atoms with van der Waals surface area (Å²) in [5.41, 5.74) is 3.15. The van der Waals surface area contributed by atoms with Crippen LogP contribution in [0.2, 0.25) is 0 Å². The topological polar surface area (TPSA) is 54.5 Å². The summed E-state index contributed by atoms with van der Waals surface area (Å²) >= 11 is 1.31. The Balaban J connectivity index is 1.47. The molecule has 1 aromatic heterocycles. The van der Waals surface area contributed by atoms with Gasteiger partial charge in [-0.3, -0.25) is 4.79 Å². The van der Waals surface area contributed by atoms with Crippen LogP contribution in [0.1, 0.15) is 22.5 Å². The Morgan fingerprint density at radius 3 is 2.75 bits per heavy atom. The van der Waals surface area contributed by atoms with E-state index in [1.807, 2.05) is 24.3 Å². The predicted molar refractivity (Wildman–Crippen MR) is 105 cm³/mol. The molecule has 0 radical (unpaired) electrons. The molecule has 0 aliphatic carbocycles. The summed E-state index contributed by atoms with van der Waals surface area (Å²) in [5, 5.41) is 5.35. The van der Waals surface area contributed by atoms with Crippen molar-refractivity contribution in [3.63, 3.8) is 0 Å². The van der Waals surface area contributed by atoms with Crippen molar-refractivity contribution in [1.82, 2.24) is 4.98 Å². The number of aryl methyl sites for hydroxylation is 1. The smallest absolute Gasteiger partial charge is 0.387 e. The zero-order valence-corrected chi connectivity index (χ0v) is 15.6. The number of alkyl halides is 2. The van der Waals surface area contributed by atoms with Crippen LogP contribution in [0.15, 0.2) is 53.9 Å². The SMILES string of the molecule is O=C(c1csc(Nc2ccc(OC(F)F)cc2)n1)N1CCCc2ccccc21. The Bertz CT molecular complexity index is 976. The molecule has 144 valence electrons. The summed E-state index contributed by atoms with van der Waals surface area (Å²) in [7, 11) is 0. The fraction of sp³-hybridized carbons (Fsp3) is 0.200. The second kappa shape index (κ2) is 7.93. The molecule has 0 saturated heterocycles. The van der Waals surface area contributed by atoms with Crippen molar-refractivity contribution in [2.75, 3.05) is 16.8 Å². The van der Waals surface area contributed by atoms with E-state index in [1.54, 1.807) is 22.4 Å². The fourth-order valence-corrected chi connectivity index (χ4v) is 3.86. The molecule has 28 heavy (non-hydrogen) atoms. The average Bonchev–Trinajstić information content (AvgIpc) is 3.16. The van der Waals surface area contributed by atoms with E-state index in [4.69, 9.17) is 0 Å². The highest BCUT2D eigenvalue weighted by Crippen LogP contribution is 2.29. The van der Waals surface area contributed by atoms with Gasteiger partial charge in [0.2, 0.25) is 0 Å². The minimum absolute atomic E-state index is 0.0827. The maximum Gasteiger partial charge on any atom is 0.387 e. The Morgan fingerprint density at radius 1 is 1.18 bits per heavy atom. The first-order valence-corrected chi connectivity index (χ1v) is 9.65. The van der Waals surface area contributed by atoms with Crippen LogP contribution in [0.4, 0.5) is 25.3 Å². The first kappa shape index (κ1) is 18.4. The summed E-state index contributed by atoms with van der Waals surface area (Å²) in [5.74, 6) is -0.0450. The van der Waals surface area contributed by atoms with Gasteiger partial charge in [-0.05, 0) is 48.7 Å². The third-order valence-corrected chi connectivity index (χ3v) is 5.17. The highest BCUT2D eigenvalue weighted by molar-refractivity contribution is 7.14. The number of carbonyl (C=O) groups excluding carboxylic acids is 1. The number of hydrogen-bond donors (Lipinski definition) is 1. The van der Waals surface area contributed by atoms with Crippen LogP contribution in [0.5, 0.6) is 5.75 Å². The number of nitrogens with one attached hydrogen (secondary N) is 1. The third kappa shape index (κ3) is 3.96. The molecular formula is C20H17F2N3O2S. The molecule has 0 atom stereocenters. The Hall–Kier alpha value is -3.00. The Labute approximate surface area is 164 Å². The maximum absolute atomic E-state index is 12.9. The van der Waals surface area contributed by atoms with Gasteiger partial charge in [-0.1, -0.05) is 18.2 Å². The molecular weight excluding hydrogens is 384 g/mol. The number of nitrogens with zero attached hydrogens (tertiary/aromatic N) is 2. The van der Waals surface area contributed by atoms with Gasteiger partial charge >= 0.3 is 6.61 Å². The van der Waals surface area contributed by atoms with E-state index in [0.29, 0.717) is 23.1 Å². The molecule has 0 spiro atoms. The van der Waals surface area contributed by atoms with Gasteiger partial charge in [0, 0.05) is 23.3 Å². The molecule has 1 aliphatic rings. The van der Waals surface area contributed by atoms with Gasteiger partial charge in [-0.15, -0.1) is 11.3 Å². The molecule has 3 aromatic rings. The number of halogens is 2. The molecule has 4 rings (SSSR count). The first-order chi connectivity index (χ1) is 13.6. The predicted octanol–water partition coefficient (Wildman–Crippen LogP) is 5.08. The summed E-state index contributed by atoms with van der Waals surface area (Å²) < 4.78 is 28.7. The first-order valence-electron chi connectivity index (χ1n) is 8.77. The second-order valence-corrected chi connectivity index (χ2v) is 7.11. The standard InChI is InChI=1S/C20H17F2N3O2S/c21-19(22)27-15-9-7-14(8-10-15)23-20-24-16(12-28-20)18(26)25-11-3-5-13-4-1-2-6-17(13)25/h1-2,4,6-10,12,19H,3,5,11H2,(H,23,24). The van der Waals surface area contributed by atoms with Crippen LogP contribution in [0.25, 0.3) is 0 Å². The van der Waals surface area contributed by atoms with Crippen molar-refractivity contribution in [3.05, 3.63) is 65.2 Å². The molecule has 0 fully saturated rings. The van der Waals surface area contributed by atoms with Crippen LogP contribution >= 0.6 is 11.3 Å². The van der Waals surface area contributed by atoms with Crippen molar-refractivity contribution in [3.8, 4) is 5.75 Å². The van der Waals surface area contributed by atoms with Crippen LogP contribution < -0.4 is 15.0 Å². The lowest BCUT2D eigenvalue weighted by Crippen LogP contribution is -2.35. The second-order valence-electron chi connectivity index (χ2n) is 6.25. The number of benzene rings is 2. The lowest BCUT2D eigenvalue weighted by atomic mass is 10.0. The van der Waals surface area contributed by atoms with Crippen LogP contribution in [-0.4, -0.2) is 24.0 Å². The zero-order valence-electron chi connectivity index (χ0n) is 14.8. The van der Waals surface area contributed by atoms with E-state index in [0.717, 1.165) is 18.5 Å². The Morgan fingerprint density at radius 2 is 1.96 bits per heavy atom. The number of para-hydroxylation sites is 1. The lowest BCUT2D eigenvalue weighted by Gasteiger charge is -2.28. The van der Waals surface area contributed by atoms with Crippen molar-refractivity contribution < 1.29 is 18.3 Å². The van der Waals surface area contributed by atoms with Gasteiger partial charge in [-0.25, -0.2) is 4.98 Å². The van der Waals surface area contributed by atoms with Crippen molar-refractivity contribution in [2.24, 2.45) is 0 Å². The van der Waals surface area contributed by atoms with Crippen molar-refractivity contribution >= 4 is 33.8 Å². The normalized spacial score (nSPS) is 13.3. The fourth-order valence-electron chi connectivity index (χ4n) is 3.16. The van der Waals surface area contributed by atoms with E-state index < -0.39 is 6.61 Å². The molecule has 0 saturated carbocycles. The number of ether oxygens (including phenoxy) is 1. The van der Waals surface area contributed by atoms with Crippen molar-refractivity contribution in [1.29, 1.82) is 0 Å². The van der Waals surface area contributed by atoms with Crippen molar-refractivity contribution in [2.45, 2.75) is 19.5 Å². The Kier molecular flexibility index (Phi) is 5.21. The highest BCUT2D eigenvalue weighted by Gasteiger charge is 2.25. The van der Waals surface area contributed by atoms with Crippen LogP contribution in [0, 0.1) is 0 Å². The molecule has 0 bridgehead atoms.